The van der Waals surface area contributed by atoms with Crippen LogP contribution in [0.5, 0.6) is 0 Å². The topological polar surface area (TPSA) is 37.4 Å². The summed E-state index contributed by atoms with van der Waals surface area (Å²) in [7, 11) is -3.74. The molecule has 1 aliphatic carbocycles. The monoisotopic (exact) mass is 339 g/mol. The van der Waals surface area contributed by atoms with Gasteiger partial charge in [0.2, 0.25) is 10.0 Å². The second-order valence-corrected chi connectivity index (χ2v) is 6.80. The van der Waals surface area contributed by atoms with Crippen LogP contribution in [0.25, 0.3) is 0 Å². The first-order valence-corrected chi connectivity index (χ1v) is 8.06. The summed E-state index contributed by atoms with van der Waals surface area (Å²) in [5, 5.41) is 0.506. The fourth-order valence-corrected chi connectivity index (χ4v) is 4.03. The predicted octanol–water partition coefficient (Wildman–Crippen LogP) is 2.51. The molecule has 18 heavy (non-hydrogen) atoms. The summed E-state index contributed by atoms with van der Waals surface area (Å²) in [6.45, 7) is 0.325. The van der Waals surface area contributed by atoms with E-state index in [-0.39, 0.29) is 10.9 Å². The molecule has 3 nitrogen and oxygen atoms in total. The number of nitrogens with zero attached hydrogens (tertiary/aromatic N) is 1. The van der Waals surface area contributed by atoms with E-state index in [2.05, 4.69) is 15.9 Å². The molecular weight excluding hydrogens is 328 g/mol. The van der Waals surface area contributed by atoms with Gasteiger partial charge in [-0.2, -0.15) is 4.31 Å². The Bertz CT molecular complexity index is 546. The van der Waals surface area contributed by atoms with E-state index in [4.69, 9.17) is 0 Å². The van der Waals surface area contributed by atoms with Crippen LogP contribution in [0.2, 0.25) is 0 Å². The van der Waals surface area contributed by atoms with Crippen LogP contribution in [0.4, 0.5) is 8.78 Å². The number of hydrogen-bond donors (Lipinski definition) is 0. The van der Waals surface area contributed by atoms with Gasteiger partial charge in [0.1, 0.15) is 0 Å². The van der Waals surface area contributed by atoms with Crippen molar-refractivity contribution in [3.63, 3.8) is 0 Å². The zero-order valence-electron chi connectivity index (χ0n) is 9.44. The number of rotatable bonds is 5. The van der Waals surface area contributed by atoms with Crippen LogP contribution in [-0.4, -0.2) is 30.6 Å². The first-order chi connectivity index (χ1) is 8.46. The van der Waals surface area contributed by atoms with Gasteiger partial charge in [-0.25, -0.2) is 17.2 Å². The molecular formula is C11H12BrF2NO2S. The molecule has 1 aromatic rings. The summed E-state index contributed by atoms with van der Waals surface area (Å²) < 4.78 is 51.8. The van der Waals surface area contributed by atoms with Crippen molar-refractivity contribution in [2.24, 2.45) is 0 Å². The molecule has 1 aromatic carbocycles. The molecule has 0 aliphatic heterocycles. The van der Waals surface area contributed by atoms with Crippen molar-refractivity contribution < 1.29 is 17.2 Å². The van der Waals surface area contributed by atoms with Crippen LogP contribution in [0.1, 0.15) is 12.8 Å². The van der Waals surface area contributed by atoms with Crippen LogP contribution in [0.3, 0.4) is 0 Å². The molecule has 0 aromatic heterocycles. The van der Waals surface area contributed by atoms with E-state index >= 15 is 0 Å². The Labute approximate surface area is 113 Å². The van der Waals surface area contributed by atoms with E-state index in [1.54, 1.807) is 0 Å². The standard InChI is InChI=1S/C11H12BrF2NO2S/c12-5-6-15(8-1-2-8)18(16,17)9-3-4-10(13)11(14)7-9/h3-4,7-8H,1-2,5-6H2. The molecule has 0 spiro atoms. The van der Waals surface area contributed by atoms with Crippen molar-refractivity contribution in [3.8, 4) is 0 Å². The molecule has 0 unspecified atom stereocenters. The highest BCUT2D eigenvalue weighted by Crippen LogP contribution is 2.32. The second kappa shape index (κ2) is 5.22. The lowest BCUT2D eigenvalue weighted by molar-refractivity contribution is 0.423. The fraction of sp³-hybridized carbons (Fsp3) is 0.455. The minimum absolute atomic E-state index is 0.0133. The Hall–Kier alpha value is -0.530. The van der Waals surface area contributed by atoms with Gasteiger partial charge in [0, 0.05) is 17.9 Å². The Balaban J connectivity index is 2.36. The SMILES string of the molecule is O=S(=O)(c1ccc(F)c(F)c1)N(CCBr)C1CC1. The maximum Gasteiger partial charge on any atom is 0.243 e. The van der Waals surface area contributed by atoms with Crippen molar-refractivity contribution in [1.29, 1.82) is 0 Å². The zero-order valence-corrected chi connectivity index (χ0v) is 11.8. The maximum absolute atomic E-state index is 13.1. The summed E-state index contributed by atoms with van der Waals surface area (Å²) in [6, 6.07) is 2.65. The van der Waals surface area contributed by atoms with Crippen LogP contribution < -0.4 is 0 Å². The minimum Gasteiger partial charge on any atom is -0.207 e. The molecule has 7 heteroatoms. The molecule has 0 N–H and O–H groups in total. The Morgan fingerprint density at radius 2 is 1.94 bits per heavy atom. The van der Waals surface area contributed by atoms with E-state index in [0.29, 0.717) is 11.9 Å². The van der Waals surface area contributed by atoms with Crippen molar-refractivity contribution in [2.75, 3.05) is 11.9 Å². The summed E-state index contributed by atoms with van der Waals surface area (Å²) in [6.07, 6.45) is 1.63. The average Bonchev–Trinajstić information content (AvgIpc) is 3.13. The van der Waals surface area contributed by atoms with Gasteiger partial charge in [-0.15, -0.1) is 0 Å². The van der Waals surface area contributed by atoms with E-state index in [9.17, 15) is 17.2 Å². The summed E-state index contributed by atoms with van der Waals surface area (Å²) in [5.41, 5.74) is 0. The number of halogens is 3. The molecule has 1 fully saturated rings. The van der Waals surface area contributed by atoms with Gasteiger partial charge in [-0.05, 0) is 31.0 Å². The number of sulfonamides is 1. The van der Waals surface area contributed by atoms with Gasteiger partial charge in [0.15, 0.2) is 11.6 Å². The Morgan fingerprint density at radius 3 is 2.44 bits per heavy atom. The van der Waals surface area contributed by atoms with Gasteiger partial charge < -0.3 is 0 Å². The van der Waals surface area contributed by atoms with Gasteiger partial charge in [0.05, 0.1) is 4.90 Å². The molecule has 2 rings (SSSR count). The normalized spacial score (nSPS) is 16.2. The zero-order chi connectivity index (χ0) is 13.3. The number of benzene rings is 1. The Kier molecular flexibility index (Phi) is 4.03. The molecule has 0 bridgehead atoms. The van der Waals surface area contributed by atoms with E-state index < -0.39 is 21.7 Å². The first-order valence-electron chi connectivity index (χ1n) is 5.49. The number of alkyl halides is 1. The van der Waals surface area contributed by atoms with Crippen LogP contribution in [0, 0.1) is 11.6 Å². The summed E-state index contributed by atoms with van der Waals surface area (Å²) in [5.74, 6) is -2.20. The lowest BCUT2D eigenvalue weighted by Crippen LogP contribution is -2.34. The molecule has 0 atom stereocenters. The molecule has 0 radical (unpaired) electrons. The lowest BCUT2D eigenvalue weighted by atomic mass is 10.3. The average molecular weight is 340 g/mol. The smallest absolute Gasteiger partial charge is 0.207 e. The van der Waals surface area contributed by atoms with Gasteiger partial charge >= 0.3 is 0 Å². The highest BCUT2D eigenvalue weighted by Gasteiger charge is 2.37. The van der Waals surface area contributed by atoms with Crippen LogP contribution in [-0.2, 0) is 10.0 Å². The van der Waals surface area contributed by atoms with Crippen molar-refractivity contribution >= 4 is 26.0 Å². The molecule has 100 valence electrons. The summed E-state index contributed by atoms with van der Waals surface area (Å²) >= 11 is 3.20. The Morgan fingerprint density at radius 1 is 1.28 bits per heavy atom. The molecule has 0 saturated heterocycles. The van der Waals surface area contributed by atoms with E-state index in [1.807, 2.05) is 0 Å². The predicted molar refractivity (Wildman–Crippen MR) is 67.1 cm³/mol. The van der Waals surface area contributed by atoms with Crippen LogP contribution in [0.15, 0.2) is 23.1 Å². The number of hydrogen-bond acceptors (Lipinski definition) is 2. The van der Waals surface area contributed by atoms with Gasteiger partial charge in [-0.3, -0.25) is 0 Å². The quantitative estimate of drug-likeness (QED) is 0.773. The van der Waals surface area contributed by atoms with Crippen molar-refractivity contribution in [2.45, 2.75) is 23.8 Å². The molecule has 1 saturated carbocycles. The molecule has 0 heterocycles. The minimum atomic E-state index is -3.74. The van der Waals surface area contributed by atoms with E-state index in [1.165, 1.54) is 4.31 Å². The van der Waals surface area contributed by atoms with Gasteiger partial charge in [-0.1, -0.05) is 15.9 Å². The van der Waals surface area contributed by atoms with Crippen molar-refractivity contribution in [1.82, 2.24) is 4.31 Å². The third kappa shape index (κ3) is 2.73. The third-order valence-electron chi connectivity index (χ3n) is 2.76. The first kappa shape index (κ1) is 13.9. The fourth-order valence-electron chi connectivity index (χ4n) is 1.72. The van der Waals surface area contributed by atoms with Crippen molar-refractivity contribution in [3.05, 3.63) is 29.8 Å². The summed E-state index contributed by atoms with van der Waals surface area (Å²) in [4.78, 5) is -0.200. The van der Waals surface area contributed by atoms with E-state index in [0.717, 1.165) is 31.0 Å². The highest BCUT2D eigenvalue weighted by molar-refractivity contribution is 9.09. The largest absolute Gasteiger partial charge is 0.243 e. The molecule has 1 aliphatic rings. The third-order valence-corrected chi connectivity index (χ3v) is 5.06. The van der Waals surface area contributed by atoms with Gasteiger partial charge in [0.25, 0.3) is 0 Å². The maximum atomic E-state index is 13.1. The van der Waals surface area contributed by atoms with Crippen LogP contribution >= 0.6 is 15.9 Å². The second-order valence-electron chi connectivity index (χ2n) is 4.11. The highest BCUT2D eigenvalue weighted by atomic mass is 79.9. The molecule has 0 amide bonds. The lowest BCUT2D eigenvalue weighted by Gasteiger charge is -2.20.